The normalized spacial score (nSPS) is 21.9. The Morgan fingerprint density at radius 3 is 2.65 bits per heavy atom. The van der Waals surface area contributed by atoms with Crippen molar-refractivity contribution in [2.75, 3.05) is 6.61 Å². The summed E-state index contributed by atoms with van der Waals surface area (Å²) >= 11 is 0. The highest BCUT2D eigenvalue weighted by molar-refractivity contribution is 5.90. The van der Waals surface area contributed by atoms with Crippen molar-refractivity contribution in [2.24, 2.45) is 0 Å². The predicted octanol–water partition coefficient (Wildman–Crippen LogP) is 3.63. The fourth-order valence-electron chi connectivity index (χ4n) is 2.56. The molecule has 1 fully saturated rings. The van der Waals surface area contributed by atoms with E-state index in [0.717, 1.165) is 12.2 Å². The zero-order valence-corrected chi connectivity index (χ0v) is 12.8. The Balaban J connectivity index is 2.00. The molecule has 0 amide bonds. The molecule has 110 valence electrons. The molecule has 0 spiro atoms. The average Bonchev–Trinajstić information content (AvgIpc) is 2.38. The van der Waals surface area contributed by atoms with Crippen LogP contribution in [0.25, 0.3) is 0 Å². The Labute approximate surface area is 121 Å². The number of aryl methyl sites for hydroxylation is 1. The highest BCUT2D eigenvalue weighted by atomic mass is 16.5. The molecular weight excluding hydrogens is 252 g/mol. The number of Topliss-reactive ketones (excluding diaryl/α,β-unsaturated/α-hetero) is 1. The molecule has 3 nitrogen and oxygen atoms in total. The summed E-state index contributed by atoms with van der Waals surface area (Å²) in [6, 6.07) is 6.15. The molecule has 2 rings (SSSR count). The van der Waals surface area contributed by atoms with Gasteiger partial charge < -0.3 is 9.47 Å². The molecule has 0 radical (unpaired) electrons. The largest absolute Gasteiger partial charge is 0.487 e. The zero-order chi connectivity index (χ0) is 14.7. The standard InChI is InChI=1S/C17H24O3/c1-5-8-19-17-15(18)10-16(17)20-13-6-7-14(11(2)3)12(4)9-13/h6-7,9,11,16-17H,5,8,10H2,1-4H3. The molecule has 0 heterocycles. The highest BCUT2D eigenvalue weighted by Gasteiger charge is 2.42. The lowest BCUT2D eigenvalue weighted by atomic mass is 9.89. The van der Waals surface area contributed by atoms with E-state index in [9.17, 15) is 4.79 Å². The SMILES string of the molecule is CCCOC1C(=O)CC1Oc1ccc(C(C)C)c(C)c1. The van der Waals surface area contributed by atoms with Crippen LogP contribution in [0.3, 0.4) is 0 Å². The first-order valence-electron chi connectivity index (χ1n) is 7.44. The van der Waals surface area contributed by atoms with Crippen molar-refractivity contribution in [1.29, 1.82) is 0 Å². The van der Waals surface area contributed by atoms with E-state index in [1.54, 1.807) is 0 Å². The number of ketones is 1. The summed E-state index contributed by atoms with van der Waals surface area (Å²) in [6.07, 6.45) is 0.872. The van der Waals surface area contributed by atoms with E-state index in [1.807, 2.05) is 13.0 Å². The first-order valence-corrected chi connectivity index (χ1v) is 7.44. The van der Waals surface area contributed by atoms with Gasteiger partial charge >= 0.3 is 0 Å². The Morgan fingerprint density at radius 2 is 2.10 bits per heavy atom. The van der Waals surface area contributed by atoms with Crippen LogP contribution in [0.2, 0.25) is 0 Å². The maximum Gasteiger partial charge on any atom is 0.169 e. The van der Waals surface area contributed by atoms with Gasteiger partial charge in [-0.1, -0.05) is 26.8 Å². The molecule has 0 aromatic heterocycles. The van der Waals surface area contributed by atoms with Crippen molar-refractivity contribution in [2.45, 2.75) is 58.7 Å². The summed E-state index contributed by atoms with van der Waals surface area (Å²) in [5.74, 6) is 1.49. The van der Waals surface area contributed by atoms with E-state index in [4.69, 9.17) is 9.47 Å². The highest BCUT2D eigenvalue weighted by Crippen LogP contribution is 2.28. The van der Waals surface area contributed by atoms with Crippen molar-refractivity contribution in [3.8, 4) is 5.75 Å². The second-order valence-electron chi connectivity index (χ2n) is 5.79. The van der Waals surface area contributed by atoms with Crippen LogP contribution in [0.5, 0.6) is 5.75 Å². The zero-order valence-electron chi connectivity index (χ0n) is 12.8. The Bertz CT molecular complexity index is 479. The second-order valence-corrected chi connectivity index (χ2v) is 5.79. The van der Waals surface area contributed by atoms with Crippen LogP contribution in [0, 0.1) is 6.92 Å². The van der Waals surface area contributed by atoms with Crippen LogP contribution in [0.1, 0.15) is 50.7 Å². The van der Waals surface area contributed by atoms with Gasteiger partial charge in [0.1, 0.15) is 11.9 Å². The van der Waals surface area contributed by atoms with E-state index in [0.29, 0.717) is 18.9 Å². The van der Waals surface area contributed by atoms with Crippen LogP contribution in [0.4, 0.5) is 0 Å². The third-order valence-corrected chi connectivity index (χ3v) is 3.71. The molecule has 1 aromatic rings. The molecule has 2 atom stereocenters. The number of carbonyl (C=O) groups excluding carboxylic acids is 1. The van der Waals surface area contributed by atoms with E-state index >= 15 is 0 Å². The van der Waals surface area contributed by atoms with Gasteiger partial charge in [0.25, 0.3) is 0 Å². The van der Waals surface area contributed by atoms with Crippen LogP contribution < -0.4 is 4.74 Å². The van der Waals surface area contributed by atoms with Gasteiger partial charge in [0.05, 0.1) is 0 Å². The molecule has 1 aromatic carbocycles. The van der Waals surface area contributed by atoms with E-state index in [2.05, 4.69) is 32.9 Å². The third-order valence-electron chi connectivity index (χ3n) is 3.71. The van der Waals surface area contributed by atoms with Crippen LogP contribution in [-0.4, -0.2) is 24.6 Å². The lowest BCUT2D eigenvalue weighted by molar-refractivity contribution is -0.154. The minimum Gasteiger partial charge on any atom is -0.487 e. The molecule has 0 bridgehead atoms. The molecule has 20 heavy (non-hydrogen) atoms. The van der Waals surface area contributed by atoms with E-state index in [1.165, 1.54) is 11.1 Å². The summed E-state index contributed by atoms with van der Waals surface area (Å²) < 4.78 is 11.4. The minimum atomic E-state index is -0.375. The molecule has 1 aliphatic carbocycles. The third kappa shape index (κ3) is 3.21. The van der Waals surface area contributed by atoms with Gasteiger partial charge in [-0.2, -0.15) is 0 Å². The summed E-state index contributed by atoms with van der Waals surface area (Å²) in [5, 5.41) is 0. The van der Waals surface area contributed by atoms with Crippen LogP contribution >= 0.6 is 0 Å². The summed E-state index contributed by atoms with van der Waals surface area (Å²) in [6.45, 7) is 9.11. The van der Waals surface area contributed by atoms with Gasteiger partial charge in [0, 0.05) is 13.0 Å². The lowest BCUT2D eigenvalue weighted by Crippen LogP contribution is -2.52. The summed E-state index contributed by atoms with van der Waals surface area (Å²) in [5.41, 5.74) is 2.56. The van der Waals surface area contributed by atoms with Crippen molar-refractivity contribution in [3.05, 3.63) is 29.3 Å². The van der Waals surface area contributed by atoms with Gasteiger partial charge in [-0.15, -0.1) is 0 Å². The molecule has 1 aliphatic rings. The number of rotatable bonds is 6. The average molecular weight is 276 g/mol. The van der Waals surface area contributed by atoms with Crippen LogP contribution in [0.15, 0.2) is 18.2 Å². The molecule has 1 saturated carbocycles. The molecule has 0 N–H and O–H groups in total. The number of carbonyl (C=O) groups is 1. The van der Waals surface area contributed by atoms with Crippen molar-refractivity contribution >= 4 is 5.78 Å². The van der Waals surface area contributed by atoms with E-state index < -0.39 is 0 Å². The predicted molar refractivity (Wildman–Crippen MR) is 79.3 cm³/mol. The van der Waals surface area contributed by atoms with E-state index in [-0.39, 0.29) is 18.0 Å². The lowest BCUT2D eigenvalue weighted by Gasteiger charge is -2.34. The van der Waals surface area contributed by atoms with Gasteiger partial charge in [0.2, 0.25) is 0 Å². The van der Waals surface area contributed by atoms with Gasteiger partial charge in [0.15, 0.2) is 11.9 Å². The molecule has 0 saturated heterocycles. The van der Waals surface area contributed by atoms with Crippen molar-refractivity contribution in [1.82, 2.24) is 0 Å². The fraction of sp³-hybridized carbons (Fsp3) is 0.588. The Morgan fingerprint density at radius 1 is 1.35 bits per heavy atom. The maximum atomic E-state index is 11.5. The van der Waals surface area contributed by atoms with Gasteiger partial charge in [-0.25, -0.2) is 0 Å². The molecule has 0 aliphatic heterocycles. The first kappa shape index (κ1) is 15.0. The number of benzene rings is 1. The van der Waals surface area contributed by atoms with Crippen LogP contribution in [-0.2, 0) is 9.53 Å². The quantitative estimate of drug-likeness (QED) is 0.796. The second kappa shape index (κ2) is 6.40. The van der Waals surface area contributed by atoms with Crippen molar-refractivity contribution < 1.29 is 14.3 Å². The Hall–Kier alpha value is -1.35. The number of hydrogen-bond donors (Lipinski definition) is 0. The number of hydrogen-bond acceptors (Lipinski definition) is 3. The smallest absolute Gasteiger partial charge is 0.169 e. The summed E-state index contributed by atoms with van der Waals surface area (Å²) in [7, 11) is 0. The van der Waals surface area contributed by atoms with Crippen molar-refractivity contribution in [3.63, 3.8) is 0 Å². The monoisotopic (exact) mass is 276 g/mol. The molecular formula is C17H24O3. The topological polar surface area (TPSA) is 35.5 Å². The Kier molecular flexibility index (Phi) is 4.81. The fourth-order valence-corrected chi connectivity index (χ4v) is 2.56. The van der Waals surface area contributed by atoms with Gasteiger partial charge in [-0.3, -0.25) is 4.79 Å². The first-order chi connectivity index (χ1) is 9.52. The molecule has 2 unspecified atom stereocenters. The van der Waals surface area contributed by atoms with Gasteiger partial charge in [-0.05, 0) is 42.5 Å². The molecule has 3 heteroatoms. The minimum absolute atomic E-state index is 0.127. The number of ether oxygens (including phenoxy) is 2. The summed E-state index contributed by atoms with van der Waals surface area (Å²) in [4.78, 5) is 11.5. The maximum absolute atomic E-state index is 11.5.